The molecule has 0 nitrogen and oxygen atoms in total. The summed E-state index contributed by atoms with van der Waals surface area (Å²) >= 11 is 0. The van der Waals surface area contributed by atoms with E-state index in [0.717, 1.165) is 0 Å². The van der Waals surface area contributed by atoms with Crippen LogP contribution in [0.5, 0.6) is 0 Å². The SMILES string of the molecule is CC(C)([Si](C)(C)C)[Si](C)(C)C.C[Si](C)C.[2HH]. The normalized spacial score (nSPS) is 13.6. The molecule has 0 aliphatic heterocycles. The van der Waals surface area contributed by atoms with Gasteiger partial charge in [0.2, 0.25) is 0 Å². The highest BCUT2D eigenvalue weighted by atomic mass is 28.4. The van der Waals surface area contributed by atoms with Crippen LogP contribution in [0.1, 0.15) is 15.3 Å². The fourth-order valence-electron chi connectivity index (χ4n) is 1.12. The lowest BCUT2D eigenvalue weighted by Crippen LogP contribution is -2.50. The van der Waals surface area contributed by atoms with Gasteiger partial charge in [0, 0.05) is 26.4 Å². The van der Waals surface area contributed by atoms with Crippen molar-refractivity contribution < 1.29 is 1.43 Å². The van der Waals surface area contributed by atoms with Crippen LogP contribution in [0.4, 0.5) is 0 Å². The maximum atomic E-state index is 2.49. The van der Waals surface area contributed by atoms with Crippen molar-refractivity contribution in [3.05, 3.63) is 0 Å². The average Bonchev–Trinajstić information content (AvgIpc) is 1.79. The molecule has 0 unspecified atom stereocenters. The minimum Gasteiger partial charge on any atom is -0.0715 e. The Bertz CT molecular complexity index is 157. The van der Waals surface area contributed by atoms with Gasteiger partial charge in [-0.05, 0) is 4.66 Å². The molecular formula is C12H35Si3. The Morgan fingerprint density at radius 2 is 0.867 bits per heavy atom. The second-order valence-corrected chi connectivity index (χ2v) is 22.6. The smallest absolute Gasteiger partial charge is 0.0472 e. The highest BCUT2D eigenvalue weighted by molar-refractivity contribution is 6.98. The second-order valence-electron chi connectivity index (χ2n) is 7.62. The second kappa shape index (κ2) is 5.82. The standard InChI is InChI=1S/C9H24Si2.C3H9Si.H2/c1-9(2,10(3,4)5)11(6,7)8;1-4(2)3;/h1-8H3;1-3H3;1H/i;;1+1. The highest BCUT2D eigenvalue weighted by Crippen LogP contribution is 2.45. The summed E-state index contributed by atoms with van der Waals surface area (Å²) in [7, 11) is -1.80. The van der Waals surface area contributed by atoms with Crippen LogP contribution < -0.4 is 0 Å². The van der Waals surface area contributed by atoms with Crippen molar-refractivity contribution in [2.45, 2.75) is 77.4 Å². The fourth-order valence-corrected chi connectivity index (χ4v) is 10.1. The first-order valence-corrected chi connectivity index (χ1v) is 16.0. The Balaban J connectivity index is -0.000000292. The molecule has 0 N–H and O–H groups in total. The largest absolute Gasteiger partial charge is 0.0715 e. The number of rotatable bonds is 2. The lowest BCUT2D eigenvalue weighted by atomic mass is 10.5. The number of hydrogen-bond donors (Lipinski definition) is 0. The van der Waals surface area contributed by atoms with E-state index < -0.39 is 16.1 Å². The maximum Gasteiger partial charge on any atom is 0.0472 e. The Kier molecular flexibility index (Phi) is 7.00. The molecule has 0 bridgehead atoms. The zero-order valence-electron chi connectivity index (χ0n) is 13.0. The molecule has 0 atom stereocenters. The predicted octanol–water partition coefficient (Wildman–Crippen LogP) is 5.60. The molecule has 0 spiro atoms. The molecule has 0 aliphatic carbocycles. The van der Waals surface area contributed by atoms with Crippen LogP contribution >= 0.6 is 0 Å². The van der Waals surface area contributed by atoms with Crippen LogP contribution in [-0.4, -0.2) is 24.9 Å². The summed E-state index contributed by atoms with van der Waals surface area (Å²) in [4.78, 5) is 0. The first kappa shape index (κ1) is 18.0. The minimum atomic E-state index is -0.959. The van der Waals surface area contributed by atoms with Crippen molar-refractivity contribution in [1.82, 2.24) is 0 Å². The molecule has 0 rings (SSSR count). The van der Waals surface area contributed by atoms with E-state index in [1.54, 1.807) is 0 Å². The van der Waals surface area contributed by atoms with Gasteiger partial charge in [0.05, 0.1) is 0 Å². The van der Waals surface area contributed by atoms with Crippen molar-refractivity contribution in [3.8, 4) is 0 Å². The van der Waals surface area contributed by atoms with Crippen molar-refractivity contribution in [1.29, 1.82) is 0 Å². The summed E-state index contributed by atoms with van der Waals surface area (Å²) in [5, 5.41) is 0. The topological polar surface area (TPSA) is 0 Å². The van der Waals surface area contributed by atoms with Crippen LogP contribution in [0.2, 0.25) is 63.6 Å². The van der Waals surface area contributed by atoms with E-state index in [9.17, 15) is 0 Å². The summed E-state index contributed by atoms with van der Waals surface area (Å²) < 4.78 is 0.653. The van der Waals surface area contributed by atoms with E-state index in [2.05, 4.69) is 72.8 Å². The molecule has 15 heavy (non-hydrogen) atoms. The third-order valence-electron chi connectivity index (χ3n) is 3.75. The van der Waals surface area contributed by atoms with Crippen molar-refractivity contribution in [2.75, 3.05) is 0 Å². The van der Waals surface area contributed by atoms with Gasteiger partial charge in [-0.1, -0.05) is 72.8 Å². The molecule has 0 amide bonds. The van der Waals surface area contributed by atoms with Crippen LogP contribution in [-0.2, 0) is 0 Å². The predicted molar refractivity (Wildman–Crippen MR) is 86.2 cm³/mol. The Morgan fingerprint density at radius 3 is 0.867 bits per heavy atom. The van der Waals surface area contributed by atoms with Gasteiger partial charge in [-0.25, -0.2) is 0 Å². The summed E-state index contributed by atoms with van der Waals surface area (Å²) in [5.41, 5.74) is 0. The van der Waals surface area contributed by atoms with Gasteiger partial charge in [-0.15, -0.1) is 0 Å². The minimum absolute atomic E-state index is 0. The van der Waals surface area contributed by atoms with Crippen LogP contribution in [0.15, 0.2) is 0 Å². The monoisotopic (exact) mass is 264 g/mol. The maximum absolute atomic E-state index is 2.49. The van der Waals surface area contributed by atoms with Gasteiger partial charge in [-0.2, -0.15) is 0 Å². The van der Waals surface area contributed by atoms with Crippen molar-refractivity contribution >= 4 is 24.9 Å². The molecule has 0 aromatic heterocycles. The molecular weight excluding hydrogens is 228 g/mol. The van der Waals surface area contributed by atoms with Gasteiger partial charge in [0.1, 0.15) is 0 Å². The summed E-state index contributed by atoms with van der Waals surface area (Å²) in [5.74, 6) is 0. The van der Waals surface area contributed by atoms with Crippen molar-refractivity contribution in [3.63, 3.8) is 0 Å². The lowest BCUT2D eigenvalue weighted by Gasteiger charge is -2.46. The Hall–Kier alpha value is 0.651. The summed E-state index contributed by atoms with van der Waals surface area (Å²) in [6.45, 7) is 26.7. The molecule has 0 saturated carbocycles. The van der Waals surface area contributed by atoms with Crippen LogP contribution in [0, 0.1) is 0 Å². The van der Waals surface area contributed by atoms with E-state index in [-0.39, 0.29) is 10.2 Å². The molecule has 0 aliphatic rings. The Morgan fingerprint density at radius 1 is 0.733 bits per heavy atom. The molecule has 0 fully saturated rings. The molecule has 0 saturated heterocycles. The zero-order valence-corrected chi connectivity index (χ0v) is 16.0. The quantitative estimate of drug-likeness (QED) is 0.570. The van der Waals surface area contributed by atoms with Crippen LogP contribution in [0.25, 0.3) is 0 Å². The number of hydrogen-bond acceptors (Lipinski definition) is 0. The third-order valence-corrected chi connectivity index (χ3v) is 15.8. The zero-order chi connectivity index (χ0) is 13.1. The molecule has 0 heterocycles. The highest BCUT2D eigenvalue weighted by Gasteiger charge is 2.44. The van der Waals surface area contributed by atoms with Gasteiger partial charge < -0.3 is 0 Å². The lowest BCUT2D eigenvalue weighted by molar-refractivity contribution is 0.862. The molecule has 1 radical (unpaired) electrons. The van der Waals surface area contributed by atoms with E-state index in [4.69, 9.17) is 0 Å². The molecule has 0 aromatic rings. The van der Waals surface area contributed by atoms with E-state index >= 15 is 0 Å². The van der Waals surface area contributed by atoms with Gasteiger partial charge in [-0.3, -0.25) is 0 Å². The average molecular weight is 265 g/mol. The molecule has 0 aromatic carbocycles. The molecule has 3 heteroatoms. The molecule has 95 valence electrons. The summed E-state index contributed by atoms with van der Waals surface area (Å²) in [6, 6.07) is 0. The Labute approximate surface area is 104 Å². The fraction of sp³-hybridized carbons (Fsp3) is 1.00. The van der Waals surface area contributed by atoms with E-state index in [1.165, 1.54) is 0 Å². The first-order chi connectivity index (χ1) is 6.23. The van der Waals surface area contributed by atoms with Crippen LogP contribution in [0.3, 0.4) is 0 Å². The van der Waals surface area contributed by atoms with Gasteiger partial charge >= 0.3 is 0 Å². The van der Waals surface area contributed by atoms with Crippen molar-refractivity contribution in [2.24, 2.45) is 0 Å². The first-order valence-electron chi connectivity index (χ1n) is 6.00. The van der Waals surface area contributed by atoms with E-state index in [1.807, 2.05) is 0 Å². The van der Waals surface area contributed by atoms with Gasteiger partial charge in [0.25, 0.3) is 0 Å². The van der Waals surface area contributed by atoms with Gasteiger partial charge in [0.15, 0.2) is 0 Å². The van der Waals surface area contributed by atoms with E-state index in [0.29, 0.717) is 4.66 Å². The summed E-state index contributed by atoms with van der Waals surface area (Å²) in [6.07, 6.45) is 0. The third kappa shape index (κ3) is 6.74.